The molecular formula is C9H11PS2. The van der Waals surface area contributed by atoms with Gasteiger partial charge in [0.15, 0.2) is 0 Å². The van der Waals surface area contributed by atoms with Crippen molar-refractivity contribution in [3.63, 3.8) is 0 Å². The Morgan fingerprint density at radius 2 is 1.67 bits per heavy atom. The minimum atomic E-state index is 0.0665. The van der Waals surface area contributed by atoms with Crippen LogP contribution in [0.3, 0.4) is 0 Å². The maximum absolute atomic E-state index is 2.26. The molecular weight excluding hydrogens is 203 g/mol. The molecule has 1 aromatic carbocycles. The normalized spacial score (nSPS) is 19.3. The first kappa shape index (κ1) is 8.93. The minimum Gasteiger partial charge on any atom is -0.118 e. The molecule has 0 bridgehead atoms. The van der Waals surface area contributed by atoms with Crippen LogP contribution in [0.25, 0.3) is 0 Å². The Labute approximate surface area is 82.8 Å². The Bertz CT molecular complexity index is 232. The van der Waals surface area contributed by atoms with Crippen molar-refractivity contribution in [1.29, 1.82) is 0 Å². The highest BCUT2D eigenvalue weighted by atomic mass is 33.1. The molecule has 1 heterocycles. The van der Waals surface area contributed by atoms with E-state index in [0.717, 1.165) is 0 Å². The number of hydrogen-bond acceptors (Lipinski definition) is 2. The summed E-state index contributed by atoms with van der Waals surface area (Å²) in [6, 6.07) is 10.9. The van der Waals surface area contributed by atoms with Crippen LogP contribution >= 0.6 is 29.1 Å². The molecule has 1 aromatic rings. The average Bonchev–Trinajstić information content (AvgIpc) is 2.21. The monoisotopic (exact) mass is 214 g/mol. The van der Waals surface area contributed by atoms with E-state index in [1.54, 1.807) is 5.30 Å². The maximum atomic E-state index is 2.26. The maximum Gasteiger partial charge on any atom is 0.0437 e. The standard InChI is InChI=1S/C9H11PS2/c1-2-5-9(6-3-1)10-11-7-4-8-12-10/h1-3,5-6H,4,7-8H2. The summed E-state index contributed by atoms with van der Waals surface area (Å²) in [5, 5.41) is 1.54. The smallest absolute Gasteiger partial charge is 0.0437 e. The molecule has 0 radical (unpaired) electrons. The third-order valence-electron chi connectivity index (χ3n) is 1.67. The van der Waals surface area contributed by atoms with Crippen LogP contribution in [-0.4, -0.2) is 11.5 Å². The number of benzene rings is 1. The molecule has 0 aromatic heterocycles. The molecule has 12 heavy (non-hydrogen) atoms. The van der Waals surface area contributed by atoms with Gasteiger partial charge in [0.25, 0.3) is 0 Å². The molecule has 1 aliphatic heterocycles. The summed E-state index contributed by atoms with van der Waals surface area (Å²) in [6.45, 7) is 0. The highest BCUT2D eigenvalue weighted by Crippen LogP contribution is 2.62. The van der Waals surface area contributed by atoms with Gasteiger partial charge in [0.1, 0.15) is 0 Å². The second kappa shape index (κ2) is 4.55. The molecule has 64 valence electrons. The van der Waals surface area contributed by atoms with Gasteiger partial charge in [-0.1, -0.05) is 30.3 Å². The van der Waals surface area contributed by atoms with Gasteiger partial charge in [-0.05, 0) is 23.2 Å². The van der Waals surface area contributed by atoms with Gasteiger partial charge < -0.3 is 0 Å². The molecule has 0 nitrogen and oxygen atoms in total. The molecule has 1 aliphatic rings. The summed E-state index contributed by atoms with van der Waals surface area (Å²) >= 11 is 4.29. The van der Waals surface area contributed by atoms with E-state index in [-0.39, 0.29) is 6.33 Å². The van der Waals surface area contributed by atoms with E-state index in [0.29, 0.717) is 0 Å². The lowest BCUT2D eigenvalue weighted by atomic mass is 10.4. The summed E-state index contributed by atoms with van der Waals surface area (Å²) in [5.74, 6) is 2.71. The van der Waals surface area contributed by atoms with Gasteiger partial charge in [0, 0.05) is 6.33 Å². The highest BCUT2D eigenvalue weighted by molar-refractivity contribution is 8.90. The molecule has 3 heteroatoms. The van der Waals surface area contributed by atoms with Crippen molar-refractivity contribution in [2.24, 2.45) is 0 Å². The first-order valence-electron chi connectivity index (χ1n) is 4.08. The summed E-state index contributed by atoms with van der Waals surface area (Å²) in [6.07, 6.45) is 1.46. The van der Waals surface area contributed by atoms with Crippen LogP contribution in [0.2, 0.25) is 0 Å². The van der Waals surface area contributed by atoms with Crippen molar-refractivity contribution in [3.8, 4) is 0 Å². The molecule has 1 fully saturated rings. The fourth-order valence-electron chi connectivity index (χ4n) is 1.09. The third kappa shape index (κ3) is 2.18. The first-order chi connectivity index (χ1) is 5.97. The second-order valence-corrected chi connectivity index (χ2v) is 9.41. The zero-order chi connectivity index (χ0) is 8.23. The van der Waals surface area contributed by atoms with Crippen LogP contribution in [0.4, 0.5) is 0 Å². The molecule has 0 unspecified atom stereocenters. The quantitative estimate of drug-likeness (QED) is 0.656. The zero-order valence-corrected chi connectivity index (χ0v) is 9.30. The Hall–Kier alpha value is 0.350. The highest BCUT2D eigenvalue weighted by Gasteiger charge is 2.15. The Kier molecular flexibility index (Phi) is 3.38. The summed E-state index contributed by atoms with van der Waals surface area (Å²) in [7, 11) is 0. The first-order valence-corrected chi connectivity index (χ1v) is 8.60. The lowest BCUT2D eigenvalue weighted by Gasteiger charge is -2.20. The predicted molar refractivity (Wildman–Crippen MR) is 62.5 cm³/mol. The molecule has 2 rings (SSSR count). The van der Waals surface area contributed by atoms with Gasteiger partial charge in [-0.15, -0.1) is 22.8 Å². The van der Waals surface area contributed by atoms with Crippen molar-refractivity contribution in [1.82, 2.24) is 0 Å². The Balaban J connectivity index is 2.08. The van der Waals surface area contributed by atoms with Gasteiger partial charge in [0.05, 0.1) is 0 Å². The molecule has 1 saturated heterocycles. The second-order valence-electron chi connectivity index (χ2n) is 2.61. The third-order valence-corrected chi connectivity index (χ3v) is 9.47. The molecule has 0 spiro atoms. The van der Waals surface area contributed by atoms with E-state index in [9.17, 15) is 0 Å². The van der Waals surface area contributed by atoms with E-state index in [1.165, 1.54) is 17.9 Å². The van der Waals surface area contributed by atoms with E-state index in [2.05, 4.69) is 53.1 Å². The minimum absolute atomic E-state index is 0.0665. The summed E-state index contributed by atoms with van der Waals surface area (Å²) in [4.78, 5) is 0. The van der Waals surface area contributed by atoms with Gasteiger partial charge in [-0.25, -0.2) is 0 Å². The molecule has 0 N–H and O–H groups in total. The molecule has 0 amide bonds. The van der Waals surface area contributed by atoms with Gasteiger partial charge >= 0.3 is 0 Å². The van der Waals surface area contributed by atoms with Crippen LogP contribution in [0.1, 0.15) is 6.42 Å². The number of rotatable bonds is 1. The van der Waals surface area contributed by atoms with Gasteiger partial charge in [-0.3, -0.25) is 0 Å². The lowest BCUT2D eigenvalue weighted by molar-refractivity contribution is 1.13. The van der Waals surface area contributed by atoms with E-state index >= 15 is 0 Å². The van der Waals surface area contributed by atoms with Crippen LogP contribution in [0.5, 0.6) is 0 Å². The Morgan fingerprint density at radius 3 is 2.33 bits per heavy atom. The van der Waals surface area contributed by atoms with Crippen molar-refractivity contribution in [2.75, 3.05) is 11.5 Å². The lowest BCUT2D eigenvalue weighted by Crippen LogP contribution is -1.99. The molecule has 0 saturated carbocycles. The number of hydrogen-bond donors (Lipinski definition) is 0. The van der Waals surface area contributed by atoms with Crippen LogP contribution < -0.4 is 5.30 Å². The SMILES string of the molecule is c1ccc(P2SCCCS2)cc1. The molecule has 0 atom stereocenters. The van der Waals surface area contributed by atoms with Crippen LogP contribution in [-0.2, 0) is 0 Å². The van der Waals surface area contributed by atoms with Crippen molar-refractivity contribution in [2.45, 2.75) is 6.42 Å². The van der Waals surface area contributed by atoms with Gasteiger partial charge in [0.2, 0.25) is 0 Å². The Morgan fingerprint density at radius 1 is 1.00 bits per heavy atom. The van der Waals surface area contributed by atoms with Crippen LogP contribution in [0.15, 0.2) is 30.3 Å². The topological polar surface area (TPSA) is 0 Å². The fourth-order valence-corrected chi connectivity index (χ4v) is 8.57. The van der Waals surface area contributed by atoms with Crippen molar-refractivity contribution < 1.29 is 0 Å². The average molecular weight is 214 g/mol. The van der Waals surface area contributed by atoms with E-state index in [4.69, 9.17) is 0 Å². The summed E-state index contributed by atoms with van der Waals surface area (Å²) < 4.78 is 0. The molecule has 0 aliphatic carbocycles. The van der Waals surface area contributed by atoms with Crippen LogP contribution in [0, 0.1) is 0 Å². The van der Waals surface area contributed by atoms with Crippen molar-refractivity contribution >= 4 is 34.4 Å². The van der Waals surface area contributed by atoms with E-state index < -0.39 is 0 Å². The fraction of sp³-hybridized carbons (Fsp3) is 0.333. The zero-order valence-electron chi connectivity index (χ0n) is 6.77. The predicted octanol–water partition coefficient (Wildman–Crippen LogP) is 3.49. The largest absolute Gasteiger partial charge is 0.118 e. The van der Waals surface area contributed by atoms with Gasteiger partial charge in [-0.2, -0.15) is 0 Å². The van der Waals surface area contributed by atoms with Crippen molar-refractivity contribution in [3.05, 3.63) is 30.3 Å². The summed E-state index contributed by atoms with van der Waals surface area (Å²) in [5.41, 5.74) is 0. The van der Waals surface area contributed by atoms with E-state index in [1.807, 2.05) is 0 Å².